The third kappa shape index (κ3) is 3.86. The van der Waals surface area contributed by atoms with Gasteiger partial charge in [-0.05, 0) is 48.6 Å². The van der Waals surface area contributed by atoms with E-state index in [1.807, 2.05) is 6.92 Å². The Balaban J connectivity index is 2.21. The fraction of sp³-hybridized carbons (Fsp3) is 0.765. The Hall–Kier alpha value is -1.14. The van der Waals surface area contributed by atoms with Crippen LogP contribution in [0.4, 0.5) is 0 Å². The molecule has 0 unspecified atom stereocenters. The number of ether oxygens (including phenoxy) is 2. The molecular weight excluding hydrogens is 312 g/mol. The summed E-state index contributed by atoms with van der Waals surface area (Å²) in [4.78, 5) is 19.4. The number of hydrogen-bond acceptors (Lipinski definition) is 6. The van der Waals surface area contributed by atoms with Crippen LogP contribution in [0.15, 0.2) is 0 Å². The van der Waals surface area contributed by atoms with E-state index >= 15 is 0 Å². The Morgan fingerprint density at radius 1 is 1.30 bits per heavy atom. The monoisotopic (exact) mass is 340 g/mol. The van der Waals surface area contributed by atoms with Crippen LogP contribution in [0.5, 0.6) is 5.88 Å². The maximum atomic E-state index is 12.1. The van der Waals surface area contributed by atoms with E-state index in [0.717, 1.165) is 17.8 Å². The molecule has 1 aromatic rings. The predicted octanol–water partition coefficient (Wildman–Crippen LogP) is 3.66. The van der Waals surface area contributed by atoms with Gasteiger partial charge in [0.2, 0.25) is 5.88 Å². The standard InChI is InChI=1S/C17H28N2O3S/c1-8-21-15(20)13-14(18-11(2)23-13)22-12-9-16(3,4)19(7)17(5,6)10-12/h12H,8-10H2,1-7H3. The molecular formula is C17H28N2O3S. The van der Waals surface area contributed by atoms with Gasteiger partial charge in [-0.15, -0.1) is 11.3 Å². The highest BCUT2D eigenvalue weighted by molar-refractivity contribution is 7.13. The molecule has 2 heterocycles. The summed E-state index contributed by atoms with van der Waals surface area (Å²) < 4.78 is 11.3. The van der Waals surface area contributed by atoms with Gasteiger partial charge in [0.15, 0.2) is 4.88 Å². The number of hydrogen-bond donors (Lipinski definition) is 0. The molecule has 6 heteroatoms. The lowest BCUT2D eigenvalue weighted by Gasteiger charge is -2.53. The number of carbonyl (C=O) groups is 1. The van der Waals surface area contributed by atoms with E-state index in [9.17, 15) is 4.79 Å². The van der Waals surface area contributed by atoms with Crippen LogP contribution in [-0.4, -0.2) is 46.7 Å². The van der Waals surface area contributed by atoms with Crippen molar-refractivity contribution in [3.63, 3.8) is 0 Å². The van der Waals surface area contributed by atoms with Gasteiger partial charge in [0.25, 0.3) is 0 Å². The molecule has 0 aliphatic carbocycles. The highest BCUT2D eigenvalue weighted by Gasteiger charge is 2.44. The second-order valence-corrected chi connectivity index (χ2v) is 8.62. The number of likely N-dealkylation sites (tertiary alicyclic amines) is 1. The molecule has 23 heavy (non-hydrogen) atoms. The van der Waals surface area contributed by atoms with Crippen LogP contribution in [0.1, 0.15) is 62.1 Å². The van der Waals surface area contributed by atoms with Gasteiger partial charge in [-0.3, -0.25) is 4.90 Å². The van der Waals surface area contributed by atoms with Crippen molar-refractivity contribution in [3.05, 3.63) is 9.88 Å². The number of thiazole rings is 1. The Morgan fingerprint density at radius 2 is 1.87 bits per heavy atom. The molecule has 1 aromatic heterocycles. The molecule has 1 aliphatic heterocycles. The Bertz CT molecular complexity index is 562. The molecule has 1 fully saturated rings. The number of esters is 1. The first-order chi connectivity index (χ1) is 10.6. The minimum atomic E-state index is -0.348. The molecule has 130 valence electrons. The van der Waals surface area contributed by atoms with Crippen LogP contribution in [0.3, 0.4) is 0 Å². The number of nitrogens with zero attached hydrogens (tertiary/aromatic N) is 2. The van der Waals surface area contributed by atoms with Gasteiger partial charge in [0, 0.05) is 23.9 Å². The summed E-state index contributed by atoms with van der Waals surface area (Å²) in [6.07, 6.45) is 1.82. The van der Waals surface area contributed by atoms with Gasteiger partial charge in [0.1, 0.15) is 6.10 Å². The van der Waals surface area contributed by atoms with Gasteiger partial charge in [0.05, 0.1) is 11.6 Å². The third-order valence-corrected chi connectivity index (χ3v) is 5.64. The maximum Gasteiger partial charge on any atom is 0.353 e. The molecule has 0 bridgehead atoms. The van der Waals surface area contributed by atoms with Crippen molar-refractivity contribution in [1.29, 1.82) is 0 Å². The number of rotatable bonds is 4. The van der Waals surface area contributed by atoms with Crippen LogP contribution < -0.4 is 4.74 Å². The number of carbonyl (C=O) groups excluding carboxylic acids is 1. The van der Waals surface area contributed by atoms with Crippen molar-refractivity contribution in [2.24, 2.45) is 0 Å². The number of aryl methyl sites for hydroxylation is 1. The quantitative estimate of drug-likeness (QED) is 0.783. The molecule has 0 radical (unpaired) electrons. The molecule has 0 N–H and O–H groups in total. The predicted molar refractivity (Wildman–Crippen MR) is 92.4 cm³/mol. The summed E-state index contributed by atoms with van der Waals surface area (Å²) in [5.74, 6) is 0.0756. The summed E-state index contributed by atoms with van der Waals surface area (Å²) in [7, 11) is 2.16. The zero-order valence-corrected chi connectivity index (χ0v) is 16.0. The molecule has 1 saturated heterocycles. The van der Waals surface area contributed by atoms with Crippen LogP contribution in [0.2, 0.25) is 0 Å². The minimum Gasteiger partial charge on any atom is -0.473 e. The van der Waals surface area contributed by atoms with Gasteiger partial charge in [-0.25, -0.2) is 9.78 Å². The highest BCUT2D eigenvalue weighted by Crippen LogP contribution is 2.39. The SMILES string of the molecule is CCOC(=O)c1sc(C)nc1OC1CC(C)(C)N(C)C(C)(C)C1. The molecule has 0 saturated carbocycles. The smallest absolute Gasteiger partial charge is 0.353 e. The van der Waals surface area contributed by atoms with Crippen molar-refractivity contribution < 1.29 is 14.3 Å². The third-order valence-electron chi connectivity index (χ3n) is 4.71. The lowest BCUT2D eigenvalue weighted by atomic mass is 9.79. The van der Waals surface area contributed by atoms with E-state index < -0.39 is 0 Å². The first-order valence-electron chi connectivity index (χ1n) is 8.12. The normalized spacial score (nSPS) is 21.2. The van der Waals surface area contributed by atoms with Crippen molar-refractivity contribution in [2.45, 2.75) is 71.6 Å². The highest BCUT2D eigenvalue weighted by atomic mass is 32.1. The zero-order chi connectivity index (χ0) is 17.4. The summed E-state index contributed by atoms with van der Waals surface area (Å²) in [5, 5.41) is 0.814. The van der Waals surface area contributed by atoms with Crippen LogP contribution in [0, 0.1) is 6.92 Å². The minimum absolute atomic E-state index is 0.0293. The Morgan fingerprint density at radius 3 is 2.39 bits per heavy atom. The first kappa shape index (κ1) is 18.2. The Kier molecular flexibility index (Phi) is 5.06. The lowest BCUT2D eigenvalue weighted by molar-refractivity contribution is -0.0567. The summed E-state index contributed by atoms with van der Waals surface area (Å²) in [6, 6.07) is 0. The number of piperidine rings is 1. The molecule has 0 aromatic carbocycles. The first-order valence-corrected chi connectivity index (χ1v) is 8.93. The molecule has 0 spiro atoms. The molecule has 0 atom stereocenters. The maximum absolute atomic E-state index is 12.1. The second kappa shape index (κ2) is 6.40. The summed E-state index contributed by atoms with van der Waals surface area (Å²) in [5.41, 5.74) is 0.0587. The molecule has 5 nitrogen and oxygen atoms in total. The van der Waals surface area contributed by atoms with Crippen molar-refractivity contribution in [3.8, 4) is 5.88 Å². The van der Waals surface area contributed by atoms with Gasteiger partial charge >= 0.3 is 5.97 Å². The van der Waals surface area contributed by atoms with Crippen molar-refractivity contribution in [1.82, 2.24) is 9.88 Å². The van der Waals surface area contributed by atoms with Crippen LogP contribution in [-0.2, 0) is 4.74 Å². The fourth-order valence-corrected chi connectivity index (χ4v) is 4.08. The van der Waals surface area contributed by atoms with Crippen LogP contribution >= 0.6 is 11.3 Å². The lowest BCUT2D eigenvalue weighted by Crippen LogP contribution is -2.60. The molecule has 0 amide bonds. The van der Waals surface area contributed by atoms with E-state index in [4.69, 9.17) is 9.47 Å². The largest absolute Gasteiger partial charge is 0.473 e. The molecule has 1 aliphatic rings. The van der Waals surface area contributed by atoms with Gasteiger partial charge < -0.3 is 9.47 Å². The number of aromatic nitrogens is 1. The average Bonchev–Trinajstić information content (AvgIpc) is 2.76. The van der Waals surface area contributed by atoms with Crippen molar-refractivity contribution in [2.75, 3.05) is 13.7 Å². The van der Waals surface area contributed by atoms with Gasteiger partial charge in [-0.2, -0.15) is 0 Å². The van der Waals surface area contributed by atoms with E-state index in [-0.39, 0.29) is 23.2 Å². The zero-order valence-electron chi connectivity index (χ0n) is 15.2. The Labute approximate surface area is 143 Å². The van der Waals surface area contributed by atoms with E-state index in [0.29, 0.717) is 17.4 Å². The summed E-state index contributed by atoms with van der Waals surface area (Å²) >= 11 is 1.33. The average molecular weight is 340 g/mol. The van der Waals surface area contributed by atoms with E-state index in [2.05, 4.69) is 44.6 Å². The topological polar surface area (TPSA) is 51.7 Å². The second-order valence-electron chi connectivity index (χ2n) is 7.42. The van der Waals surface area contributed by atoms with Crippen LogP contribution in [0.25, 0.3) is 0 Å². The van der Waals surface area contributed by atoms with E-state index in [1.54, 1.807) is 6.92 Å². The molecule has 2 rings (SSSR count). The van der Waals surface area contributed by atoms with E-state index in [1.165, 1.54) is 11.3 Å². The van der Waals surface area contributed by atoms with Gasteiger partial charge in [-0.1, -0.05) is 0 Å². The van der Waals surface area contributed by atoms with Crippen molar-refractivity contribution >= 4 is 17.3 Å². The fourth-order valence-electron chi connectivity index (χ4n) is 3.33. The summed E-state index contributed by atoms with van der Waals surface area (Å²) in [6.45, 7) is 12.9.